The third kappa shape index (κ3) is 2.22. The van der Waals surface area contributed by atoms with Crippen LogP contribution >= 0.6 is 0 Å². The minimum absolute atomic E-state index is 0.481. The quantitative estimate of drug-likeness (QED) is 0.754. The molecular formula is C12H21N3. The first-order chi connectivity index (χ1) is 7.15. The number of aromatic nitrogens is 2. The van der Waals surface area contributed by atoms with Crippen molar-refractivity contribution in [1.82, 2.24) is 9.55 Å². The zero-order valence-corrected chi connectivity index (χ0v) is 9.95. The molecule has 3 heteroatoms. The fraction of sp³-hybridized carbons (Fsp3) is 0.583. The number of allylic oxidation sites excluding steroid dienone is 1. The molecule has 0 atom stereocenters. The van der Waals surface area contributed by atoms with Crippen LogP contribution < -0.4 is 5.73 Å². The molecule has 0 aliphatic rings. The molecule has 0 spiro atoms. The number of nitrogen functional groups attached to an aromatic ring is 1. The van der Waals surface area contributed by atoms with Gasteiger partial charge in [-0.25, -0.2) is 4.98 Å². The predicted octanol–water partition coefficient (Wildman–Crippen LogP) is 2.86. The molecule has 1 rings (SSSR count). The average Bonchev–Trinajstić information content (AvgIpc) is 2.49. The monoisotopic (exact) mass is 207 g/mol. The standard InChI is InChI=1S/C12H21N3/c1-5-8-15-9(4)14-11(12(15)13)10(6-2)7-3/h5,10H,1,6-8,13H2,2-4H3. The maximum Gasteiger partial charge on any atom is 0.127 e. The van der Waals surface area contributed by atoms with Crippen molar-refractivity contribution in [2.75, 3.05) is 5.73 Å². The smallest absolute Gasteiger partial charge is 0.127 e. The molecule has 1 aromatic heterocycles. The van der Waals surface area contributed by atoms with Gasteiger partial charge >= 0.3 is 0 Å². The van der Waals surface area contributed by atoms with Gasteiger partial charge in [-0.2, -0.15) is 0 Å². The van der Waals surface area contributed by atoms with Crippen molar-refractivity contribution in [2.45, 2.75) is 46.1 Å². The van der Waals surface area contributed by atoms with Gasteiger partial charge in [0.15, 0.2) is 0 Å². The normalized spacial score (nSPS) is 10.9. The Labute approximate surface area is 92.0 Å². The molecule has 0 aromatic carbocycles. The molecule has 0 radical (unpaired) electrons. The summed E-state index contributed by atoms with van der Waals surface area (Å²) in [6.45, 7) is 10.8. The van der Waals surface area contributed by atoms with Crippen LogP contribution in [0.3, 0.4) is 0 Å². The van der Waals surface area contributed by atoms with E-state index >= 15 is 0 Å². The summed E-state index contributed by atoms with van der Waals surface area (Å²) in [5, 5.41) is 0. The minimum atomic E-state index is 0.481. The number of hydrogen-bond acceptors (Lipinski definition) is 2. The first-order valence-corrected chi connectivity index (χ1v) is 5.59. The number of rotatable bonds is 5. The Bertz CT molecular complexity index is 335. The molecule has 15 heavy (non-hydrogen) atoms. The number of imidazole rings is 1. The highest BCUT2D eigenvalue weighted by Crippen LogP contribution is 2.27. The summed E-state index contributed by atoms with van der Waals surface area (Å²) < 4.78 is 2.01. The Kier molecular flexibility index (Phi) is 3.95. The van der Waals surface area contributed by atoms with Crippen molar-refractivity contribution in [3.8, 4) is 0 Å². The highest BCUT2D eigenvalue weighted by atomic mass is 15.1. The largest absolute Gasteiger partial charge is 0.384 e. The van der Waals surface area contributed by atoms with Crippen LogP contribution in [0.2, 0.25) is 0 Å². The molecule has 0 aliphatic heterocycles. The molecule has 0 saturated carbocycles. The van der Waals surface area contributed by atoms with Crippen LogP contribution in [0.25, 0.3) is 0 Å². The maximum atomic E-state index is 6.09. The van der Waals surface area contributed by atoms with Crippen LogP contribution in [-0.4, -0.2) is 9.55 Å². The fourth-order valence-electron chi connectivity index (χ4n) is 1.94. The van der Waals surface area contributed by atoms with Crippen molar-refractivity contribution < 1.29 is 0 Å². The van der Waals surface area contributed by atoms with E-state index in [-0.39, 0.29) is 0 Å². The van der Waals surface area contributed by atoms with Gasteiger partial charge in [0, 0.05) is 12.5 Å². The third-order valence-corrected chi connectivity index (χ3v) is 2.91. The average molecular weight is 207 g/mol. The summed E-state index contributed by atoms with van der Waals surface area (Å²) in [5.41, 5.74) is 7.15. The summed E-state index contributed by atoms with van der Waals surface area (Å²) in [5.74, 6) is 2.27. The molecule has 0 fully saturated rings. The van der Waals surface area contributed by atoms with Crippen LogP contribution in [0.15, 0.2) is 12.7 Å². The Morgan fingerprint density at radius 3 is 2.53 bits per heavy atom. The van der Waals surface area contributed by atoms with E-state index < -0.39 is 0 Å². The van der Waals surface area contributed by atoms with E-state index in [9.17, 15) is 0 Å². The molecule has 84 valence electrons. The van der Waals surface area contributed by atoms with Crippen LogP contribution in [0, 0.1) is 6.92 Å². The molecule has 1 heterocycles. The first kappa shape index (κ1) is 11.8. The van der Waals surface area contributed by atoms with Gasteiger partial charge in [0.2, 0.25) is 0 Å². The second-order valence-electron chi connectivity index (χ2n) is 3.84. The van der Waals surface area contributed by atoms with Gasteiger partial charge in [0.05, 0.1) is 5.69 Å². The number of nitrogens with two attached hydrogens (primary N) is 1. The molecule has 3 nitrogen and oxygen atoms in total. The zero-order chi connectivity index (χ0) is 11.4. The van der Waals surface area contributed by atoms with Gasteiger partial charge in [-0.1, -0.05) is 19.9 Å². The molecule has 0 bridgehead atoms. The lowest BCUT2D eigenvalue weighted by molar-refractivity contribution is 0.627. The van der Waals surface area contributed by atoms with Crippen molar-refractivity contribution in [1.29, 1.82) is 0 Å². The van der Waals surface area contributed by atoms with Crippen LogP contribution in [0.1, 0.15) is 44.1 Å². The second kappa shape index (κ2) is 5.01. The minimum Gasteiger partial charge on any atom is -0.384 e. The summed E-state index contributed by atoms with van der Waals surface area (Å²) in [4.78, 5) is 4.56. The van der Waals surface area contributed by atoms with E-state index in [0.717, 1.165) is 36.7 Å². The summed E-state index contributed by atoms with van der Waals surface area (Å²) in [7, 11) is 0. The Balaban J connectivity index is 3.09. The summed E-state index contributed by atoms with van der Waals surface area (Å²) >= 11 is 0. The van der Waals surface area contributed by atoms with Crippen molar-refractivity contribution in [3.05, 3.63) is 24.2 Å². The lowest BCUT2D eigenvalue weighted by Crippen LogP contribution is -2.05. The number of anilines is 1. The Morgan fingerprint density at radius 2 is 2.07 bits per heavy atom. The fourth-order valence-corrected chi connectivity index (χ4v) is 1.94. The highest BCUT2D eigenvalue weighted by molar-refractivity contribution is 5.40. The highest BCUT2D eigenvalue weighted by Gasteiger charge is 2.17. The van der Waals surface area contributed by atoms with Crippen molar-refractivity contribution in [2.24, 2.45) is 0 Å². The van der Waals surface area contributed by atoms with Crippen LogP contribution in [0.5, 0.6) is 0 Å². The number of nitrogens with zero attached hydrogens (tertiary/aromatic N) is 2. The molecule has 1 aromatic rings. The van der Waals surface area contributed by atoms with E-state index in [0.29, 0.717) is 5.92 Å². The molecule has 0 aliphatic carbocycles. The molecule has 0 unspecified atom stereocenters. The lowest BCUT2D eigenvalue weighted by atomic mass is 9.99. The molecule has 0 saturated heterocycles. The first-order valence-electron chi connectivity index (χ1n) is 5.59. The maximum absolute atomic E-state index is 6.09. The molecule has 0 amide bonds. The van der Waals surface area contributed by atoms with Crippen molar-refractivity contribution >= 4 is 5.82 Å². The van der Waals surface area contributed by atoms with Gasteiger partial charge in [-0.05, 0) is 19.8 Å². The van der Waals surface area contributed by atoms with E-state index in [1.165, 1.54) is 0 Å². The van der Waals surface area contributed by atoms with E-state index in [1.807, 2.05) is 17.6 Å². The molecule has 2 N–H and O–H groups in total. The van der Waals surface area contributed by atoms with Gasteiger partial charge in [0.25, 0.3) is 0 Å². The van der Waals surface area contributed by atoms with Crippen LogP contribution in [0.4, 0.5) is 5.82 Å². The Hall–Kier alpha value is -1.25. The van der Waals surface area contributed by atoms with Gasteiger partial charge in [-0.3, -0.25) is 0 Å². The number of hydrogen-bond donors (Lipinski definition) is 1. The lowest BCUT2D eigenvalue weighted by Gasteiger charge is -2.10. The van der Waals surface area contributed by atoms with Crippen LogP contribution in [-0.2, 0) is 6.54 Å². The van der Waals surface area contributed by atoms with E-state index in [1.54, 1.807) is 0 Å². The molecular weight excluding hydrogens is 186 g/mol. The summed E-state index contributed by atoms with van der Waals surface area (Å²) in [6.07, 6.45) is 4.03. The summed E-state index contributed by atoms with van der Waals surface area (Å²) in [6, 6.07) is 0. The van der Waals surface area contributed by atoms with Gasteiger partial charge in [-0.15, -0.1) is 6.58 Å². The zero-order valence-electron chi connectivity index (χ0n) is 9.95. The topological polar surface area (TPSA) is 43.8 Å². The third-order valence-electron chi connectivity index (χ3n) is 2.91. The Morgan fingerprint density at radius 1 is 1.47 bits per heavy atom. The van der Waals surface area contributed by atoms with Gasteiger partial charge in [0.1, 0.15) is 11.6 Å². The van der Waals surface area contributed by atoms with Crippen molar-refractivity contribution in [3.63, 3.8) is 0 Å². The predicted molar refractivity (Wildman–Crippen MR) is 64.9 cm³/mol. The van der Waals surface area contributed by atoms with E-state index in [2.05, 4.69) is 25.4 Å². The number of aryl methyl sites for hydroxylation is 1. The van der Waals surface area contributed by atoms with E-state index in [4.69, 9.17) is 5.73 Å². The van der Waals surface area contributed by atoms with Gasteiger partial charge < -0.3 is 10.3 Å². The second-order valence-corrected chi connectivity index (χ2v) is 3.84. The SMILES string of the molecule is C=CCn1c(C)nc(C(CC)CC)c1N.